The Hall–Kier alpha value is -3.91. The van der Waals surface area contributed by atoms with E-state index in [4.69, 9.17) is 4.52 Å². The Balaban J connectivity index is 1.81. The standard InChI is InChI=1S/C25H36N8O3/c1-6-13-26-23-20(17-28-25(31-23)30-22-16-18(2)32-36-22)11-8-7-9-14-27-24(35)19(3)29-21(34)12-10-15-33(4)5/h10,12,16-17,19H,6-7,9,13-15H2,1-5H3,(H,27,35)(H,29,34)(H2,26,28,30,31)/b12-10+/t19-/m0/s1. The van der Waals surface area contributed by atoms with Gasteiger partial charge in [0, 0.05) is 38.2 Å². The summed E-state index contributed by atoms with van der Waals surface area (Å²) in [6.07, 6.45) is 7.03. The molecule has 0 saturated carbocycles. The van der Waals surface area contributed by atoms with Gasteiger partial charge >= 0.3 is 0 Å². The maximum Gasteiger partial charge on any atom is 0.244 e. The summed E-state index contributed by atoms with van der Waals surface area (Å²) in [6.45, 7) is 7.41. The lowest BCUT2D eigenvalue weighted by Crippen LogP contribution is -2.44. The molecule has 194 valence electrons. The number of aromatic nitrogens is 3. The third-order valence-corrected chi connectivity index (χ3v) is 4.69. The summed E-state index contributed by atoms with van der Waals surface area (Å²) in [6, 6.07) is 1.14. The van der Waals surface area contributed by atoms with E-state index in [1.807, 2.05) is 25.9 Å². The number of rotatable bonds is 13. The normalized spacial score (nSPS) is 11.6. The van der Waals surface area contributed by atoms with Crippen molar-refractivity contribution in [2.75, 3.05) is 44.4 Å². The lowest BCUT2D eigenvalue weighted by molar-refractivity contribution is -0.126. The van der Waals surface area contributed by atoms with Crippen molar-refractivity contribution in [1.29, 1.82) is 0 Å². The summed E-state index contributed by atoms with van der Waals surface area (Å²) in [5, 5.41) is 15.6. The first kappa shape index (κ1) is 28.3. The van der Waals surface area contributed by atoms with Crippen molar-refractivity contribution >= 4 is 29.5 Å². The van der Waals surface area contributed by atoms with Gasteiger partial charge in [0.1, 0.15) is 11.9 Å². The van der Waals surface area contributed by atoms with E-state index in [0.717, 1.165) is 18.7 Å². The fourth-order valence-corrected chi connectivity index (χ4v) is 2.84. The number of likely N-dealkylation sites (N-methyl/N-ethyl adjacent to an activating group) is 1. The predicted molar refractivity (Wildman–Crippen MR) is 140 cm³/mol. The highest BCUT2D eigenvalue weighted by molar-refractivity contribution is 5.92. The van der Waals surface area contributed by atoms with Crippen LogP contribution >= 0.6 is 0 Å². The summed E-state index contributed by atoms with van der Waals surface area (Å²) >= 11 is 0. The molecule has 2 heterocycles. The average molecular weight is 497 g/mol. The van der Waals surface area contributed by atoms with Crippen LogP contribution in [0.1, 0.15) is 44.4 Å². The Morgan fingerprint density at radius 1 is 1.28 bits per heavy atom. The molecule has 0 aliphatic heterocycles. The fraction of sp³-hybridized carbons (Fsp3) is 0.480. The van der Waals surface area contributed by atoms with E-state index in [0.29, 0.717) is 49.1 Å². The Bertz CT molecular complexity index is 1080. The van der Waals surface area contributed by atoms with Crippen LogP contribution in [0.3, 0.4) is 0 Å². The van der Waals surface area contributed by atoms with E-state index < -0.39 is 6.04 Å². The molecule has 36 heavy (non-hydrogen) atoms. The van der Waals surface area contributed by atoms with Gasteiger partial charge in [-0.05, 0) is 40.8 Å². The fourth-order valence-electron chi connectivity index (χ4n) is 2.84. The highest BCUT2D eigenvalue weighted by Gasteiger charge is 2.13. The molecule has 0 aliphatic rings. The minimum Gasteiger partial charge on any atom is -0.369 e. The lowest BCUT2D eigenvalue weighted by atomic mass is 10.2. The lowest BCUT2D eigenvalue weighted by Gasteiger charge is -2.12. The molecule has 11 nitrogen and oxygen atoms in total. The molecule has 2 aromatic heterocycles. The molecule has 0 aromatic carbocycles. The van der Waals surface area contributed by atoms with Gasteiger partial charge < -0.3 is 25.4 Å². The minimum atomic E-state index is -0.620. The molecule has 0 spiro atoms. The summed E-state index contributed by atoms with van der Waals surface area (Å²) < 4.78 is 5.15. The Kier molecular flexibility index (Phi) is 11.9. The molecule has 0 radical (unpaired) electrons. The molecular weight excluding hydrogens is 460 g/mol. The van der Waals surface area contributed by atoms with E-state index in [1.165, 1.54) is 6.08 Å². The molecular formula is C25H36N8O3. The largest absolute Gasteiger partial charge is 0.369 e. The van der Waals surface area contributed by atoms with Crippen LogP contribution in [0, 0.1) is 18.8 Å². The second kappa shape index (κ2) is 15.2. The van der Waals surface area contributed by atoms with Crippen LogP contribution in [0.25, 0.3) is 0 Å². The smallest absolute Gasteiger partial charge is 0.244 e. The monoisotopic (exact) mass is 496 g/mol. The quantitative estimate of drug-likeness (QED) is 0.187. The maximum atomic E-state index is 12.2. The number of carbonyl (C=O) groups is 2. The van der Waals surface area contributed by atoms with E-state index in [9.17, 15) is 9.59 Å². The summed E-state index contributed by atoms with van der Waals surface area (Å²) in [7, 11) is 3.82. The number of hydrogen-bond donors (Lipinski definition) is 4. The molecule has 0 unspecified atom stereocenters. The molecule has 0 fully saturated rings. The van der Waals surface area contributed by atoms with Crippen LogP contribution in [-0.2, 0) is 9.59 Å². The average Bonchev–Trinajstić information content (AvgIpc) is 3.24. The van der Waals surface area contributed by atoms with Crippen molar-refractivity contribution < 1.29 is 14.1 Å². The first-order chi connectivity index (χ1) is 17.3. The van der Waals surface area contributed by atoms with Crippen LogP contribution in [0.15, 0.2) is 28.9 Å². The highest BCUT2D eigenvalue weighted by Crippen LogP contribution is 2.17. The summed E-state index contributed by atoms with van der Waals surface area (Å²) in [4.78, 5) is 34.8. The van der Waals surface area contributed by atoms with Gasteiger partial charge in [0.2, 0.25) is 23.6 Å². The number of hydrogen-bond acceptors (Lipinski definition) is 9. The van der Waals surface area contributed by atoms with E-state index in [2.05, 4.69) is 55.2 Å². The van der Waals surface area contributed by atoms with Gasteiger partial charge in [0.05, 0.1) is 17.5 Å². The third-order valence-electron chi connectivity index (χ3n) is 4.69. The Morgan fingerprint density at radius 2 is 2.08 bits per heavy atom. The number of nitrogens with one attached hydrogen (secondary N) is 4. The molecule has 11 heteroatoms. The first-order valence-corrected chi connectivity index (χ1v) is 12.0. The van der Waals surface area contributed by atoms with Crippen molar-refractivity contribution in [2.45, 2.75) is 46.1 Å². The van der Waals surface area contributed by atoms with Crippen molar-refractivity contribution in [3.8, 4) is 11.8 Å². The summed E-state index contributed by atoms with van der Waals surface area (Å²) in [5.41, 5.74) is 1.44. The number of anilines is 3. The van der Waals surface area contributed by atoms with Crippen molar-refractivity contribution in [3.05, 3.63) is 35.7 Å². The zero-order valence-corrected chi connectivity index (χ0v) is 21.6. The number of amides is 2. The third kappa shape index (κ3) is 10.6. The molecule has 0 aliphatic carbocycles. The van der Waals surface area contributed by atoms with Crippen LogP contribution in [0.2, 0.25) is 0 Å². The number of nitrogens with zero attached hydrogens (tertiary/aromatic N) is 4. The molecule has 4 N–H and O–H groups in total. The maximum absolute atomic E-state index is 12.2. The molecule has 2 amide bonds. The predicted octanol–water partition coefficient (Wildman–Crippen LogP) is 2.21. The topological polar surface area (TPSA) is 137 Å². The van der Waals surface area contributed by atoms with Crippen LogP contribution in [0.5, 0.6) is 0 Å². The number of carbonyl (C=O) groups excluding carboxylic acids is 2. The van der Waals surface area contributed by atoms with Crippen LogP contribution in [0.4, 0.5) is 17.7 Å². The van der Waals surface area contributed by atoms with Gasteiger partial charge in [-0.3, -0.25) is 14.9 Å². The second-order valence-corrected chi connectivity index (χ2v) is 8.43. The van der Waals surface area contributed by atoms with Gasteiger partial charge in [0.25, 0.3) is 0 Å². The number of aryl methyl sites for hydroxylation is 1. The molecule has 0 saturated heterocycles. The van der Waals surface area contributed by atoms with Gasteiger partial charge in [-0.25, -0.2) is 4.98 Å². The zero-order valence-electron chi connectivity index (χ0n) is 21.6. The molecule has 1 atom stereocenters. The van der Waals surface area contributed by atoms with Crippen molar-refractivity contribution in [2.24, 2.45) is 0 Å². The SMILES string of the molecule is CCCNc1nc(Nc2cc(C)no2)ncc1C#CCCCNC(=O)[C@H](C)NC(=O)/C=C/CN(C)C. The highest BCUT2D eigenvalue weighted by atomic mass is 16.5. The zero-order chi connectivity index (χ0) is 26.3. The van der Waals surface area contributed by atoms with E-state index in [1.54, 1.807) is 25.3 Å². The molecule has 2 aromatic rings. The van der Waals surface area contributed by atoms with E-state index in [-0.39, 0.29) is 11.8 Å². The second-order valence-electron chi connectivity index (χ2n) is 8.43. The minimum absolute atomic E-state index is 0.234. The summed E-state index contributed by atoms with van der Waals surface area (Å²) in [5.74, 6) is 7.16. The number of unbranched alkanes of at least 4 members (excludes halogenated alkanes) is 1. The van der Waals surface area contributed by atoms with Crippen molar-refractivity contribution in [3.63, 3.8) is 0 Å². The Labute approximate surface area is 212 Å². The van der Waals surface area contributed by atoms with Gasteiger partial charge in [-0.2, -0.15) is 4.98 Å². The molecule has 0 bridgehead atoms. The first-order valence-electron chi connectivity index (χ1n) is 12.0. The van der Waals surface area contributed by atoms with E-state index >= 15 is 0 Å². The van der Waals surface area contributed by atoms with Gasteiger partial charge in [-0.15, -0.1) is 0 Å². The van der Waals surface area contributed by atoms with Gasteiger partial charge in [-0.1, -0.05) is 30.0 Å². The van der Waals surface area contributed by atoms with Crippen LogP contribution in [-0.4, -0.2) is 71.6 Å². The Morgan fingerprint density at radius 3 is 2.78 bits per heavy atom. The van der Waals surface area contributed by atoms with Gasteiger partial charge in [0.15, 0.2) is 0 Å². The van der Waals surface area contributed by atoms with Crippen LogP contribution < -0.4 is 21.3 Å². The van der Waals surface area contributed by atoms with Crippen molar-refractivity contribution in [1.82, 2.24) is 30.7 Å². The molecule has 2 rings (SSSR count).